The van der Waals surface area contributed by atoms with Gasteiger partial charge in [0.1, 0.15) is 11.6 Å². The molecule has 2 rings (SSSR count). The molecule has 0 aliphatic heterocycles. The van der Waals surface area contributed by atoms with Gasteiger partial charge < -0.3 is 10.1 Å². The van der Waals surface area contributed by atoms with E-state index < -0.39 is 0 Å². The molecule has 2 aromatic carbocycles. The molecule has 0 heterocycles. The van der Waals surface area contributed by atoms with Crippen LogP contribution >= 0.6 is 11.6 Å². The number of halogens is 2. The fourth-order valence-electron chi connectivity index (χ4n) is 2.36. The van der Waals surface area contributed by atoms with Crippen molar-refractivity contribution in [3.63, 3.8) is 0 Å². The molecule has 0 fully saturated rings. The second-order valence-corrected chi connectivity index (χ2v) is 5.36. The first-order valence-corrected chi connectivity index (χ1v) is 7.25. The van der Waals surface area contributed by atoms with Gasteiger partial charge in [-0.3, -0.25) is 0 Å². The van der Waals surface area contributed by atoms with Gasteiger partial charge in [-0.15, -0.1) is 0 Å². The maximum atomic E-state index is 13.2. The Hall–Kier alpha value is -1.58. The van der Waals surface area contributed by atoms with Gasteiger partial charge in [0.25, 0.3) is 0 Å². The number of hydrogen-bond donors (Lipinski definition) is 1. The number of para-hydroxylation sites is 1. The van der Waals surface area contributed by atoms with E-state index in [0.717, 1.165) is 29.7 Å². The van der Waals surface area contributed by atoms with E-state index in [0.29, 0.717) is 0 Å². The summed E-state index contributed by atoms with van der Waals surface area (Å²) in [5.74, 6) is 0.501. The number of likely N-dealkylation sites (N-methyl/N-ethyl adjacent to an activating group) is 1. The number of nitrogens with one attached hydrogen (secondary N) is 1. The smallest absolute Gasteiger partial charge is 0.141 e. The minimum Gasteiger partial charge on any atom is -0.496 e. The predicted molar refractivity (Wildman–Crippen MR) is 84.7 cm³/mol. The van der Waals surface area contributed by atoms with Crippen LogP contribution in [0.5, 0.6) is 5.75 Å². The van der Waals surface area contributed by atoms with Gasteiger partial charge in [0.05, 0.1) is 12.1 Å². The molecule has 1 N–H and O–H groups in total. The number of rotatable bonds is 6. The van der Waals surface area contributed by atoms with Crippen molar-refractivity contribution in [2.24, 2.45) is 0 Å². The topological polar surface area (TPSA) is 21.3 Å². The van der Waals surface area contributed by atoms with Crippen LogP contribution in [0.4, 0.5) is 4.39 Å². The summed E-state index contributed by atoms with van der Waals surface area (Å²) in [7, 11) is 3.60. The van der Waals surface area contributed by atoms with E-state index in [9.17, 15) is 4.39 Å². The summed E-state index contributed by atoms with van der Waals surface area (Å²) in [6.07, 6.45) is 1.60. The van der Waals surface area contributed by atoms with Gasteiger partial charge in [0.2, 0.25) is 0 Å². The summed E-state index contributed by atoms with van der Waals surface area (Å²) in [5, 5.41) is 3.46. The molecule has 0 spiro atoms. The Morgan fingerprint density at radius 2 is 1.95 bits per heavy atom. The Morgan fingerprint density at radius 3 is 2.62 bits per heavy atom. The van der Waals surface area contributed by atoms with Gasteiger partial charge in [0, 0.05) is 6.04 Å². The number of methoxy groups -OCH3 is 1. The minimum atomic E-state index is -0.383. The molecule has 0 saturated carbocycles. The number of benzene rings is 2. The van der Waals surface area contributed by atoms with Crippen molar-refractivity contribution in [2.45, 2.75) is 18.9 Å². The van der Waals surface area contributed by atoms with Crippen LogP contribution in [0.1, 0.15) is 11.1 Å². The van der Waals surface area contributed by atoms with E-state index in [1.165, 1.54) is 6.07 Å². The maximum absolute atomic E-state index is 13.2. The summed E-state index contributed by atoms with van der Waals surface area (Å²) in [5.41, 5.74) is 2.16. The highest BCUT2D eigenvalue weighted by Crippen LogP contribution is 2.21. The van der Waals surface area contributed by atoms with Crippen molar-refractivity contribution in [3.05, 3.63) is 64.4 Å². The Kier molecular flexibility index (Phi) is 5.59. The Morgan fingerprint density at radius 1 is 1.19 bits per heavy atom. The van der Waals surface area contributed by atoms with Crippen molar-refractivity contribution < 1.29 is 9.13 Å². The molecular formula is C17H19ClFNO. The van der Waals surface area contributed by atoms with Gasteiger partial charge in [-0.2, -0.15) is 0 Å². The number of ether oxygens (including phenoxy) is 1. The molecule has 1 atom stereocenters. The second kappa shape index (κ2) is 7.43. The molecule has 2 aromatic rings. The molecule has 0 radical (unpaired) electrons. The molecule has 0 aromatic heterocycles. The highest BCUT2D eigenvalue weighted by molar-refractivity contribution is 6.30. The van der Waals surface area contributed by atoms with Crippen molar-refractivity contribution in [2.75, 3.05) is 14.2 Å². The molecule has 0 aliphatic rings. The minimum absolute atomic E-state index is 0.166. The summed E-state index contributed by atoms with van der Waals surface area (Å²) in [6, 6.07) is 13.1. The van der Waals surface area contributed by atoms with Crippen LogP contribution in [0, 0.1) is 5.82 Å². The highest BCUT2D eigenvalue weighted by Gasteiger charge is 2.12. The Balaban J connectivity index is 2.11. The van der Waals surface area contributed by atoms with Crippen LogP contribution in [0.25, 0.3) is 0 Å². The van der Waals surface area contributed by atoms with Crippen molar-refractivity contribution in [1.82, 2.24) is 5.32 Å². The van der Waals surface area contributed by atoms with Gasteiger partial charge in [-0.05, 0) is 49.2 Å². The van der Waals surface area contributed by atoms with Gasteiger partial charge in [-0.25, -0.2) is 4.39 Å². The zero-order valence-corrected chi connectivity index (χ0v) is 13.0. The third-order valence-electron chi connectivity index (χ3n) is 3.53. The lowest BCUT2D eigenvalue weighted by Crippen LogP contribution is -2.30. The largest absolute Gasteiger partial charge is 0.496 e. The van der Waals surface area contributed by atoms with E-state index in [1.807, 2.05) is 25.2 Å². The maximum Gasteiger partial charge on any atom is 0.141 e. The lowest BCUT2D eigenvalue weighted by atomic mass is 9.98. The van der Waals surface area contributed by atoms with Crippen molar-refractivity contribution >= 4 is 11.6 Å². The predicted octanol–water partition coefficient (Wildman–Crippen LogP) is 3.86. The van der Waals surface area contributed by atoms with E-state index in [-0.39, 0.29) is 16.9 Å². The first-order valence-electron chi connectivity index (χ1n) is 6.87. The van der Waals surface area contributed by atoms with Crippen LogP contribution in [0.3, 0.4) is 0 Å². The van der Waals surface area contributed by atoms with Crippen LogP contribution in [-0.4, -0.2) is 20.2 Å². The zero-order chi connectivity index (χ0) is 15.2. The van der Waals surface area contributed by atoms with Gasteiger partial charge in [-0.1, -0.05) is 35.9 Å². The van der Waals surface area contributed by atoms with Gasteiger partial charge >= 0.3 is 0 Å². The zero-order valence-electron chi connectivity index (χ0n) is 12.2. The average molecular weight is 308 g/mol. The van der Waals surface area contributed by atoms with Crippen LogP contribution < -0.4 is 10.1 Å². The monoisotopic (exact) mass is 307 g/mol. The molecule has 0 bridgehead atoms. The highest BCUT2D eigenvalue weighted by atomic mass is 35.5. The fourth-order valence-corrected chi connectivity index (χ4v) is 2.57. The third-order valence-corrected chi connectivity index (χ3v) is 3.82. The lowest BCUT2D eigenvalue weighted by molar-refractivity contribution is 0.406. The van der Waals surface area contributed by atoms with E-state index in [1.54, 1.807) is 19.2 Å². The van der Waals surface area contributed by atoms with Crippen LogP contribution in [0.2, 0.25) is 5.02 Å². The van der Waals surface area contributed by atoms with Crippen molar-refractivity contribution in [3.8, 4) is 5.75 Å². The summed E-state index contributed by atoms with van der Waals surface area (Å²) < 4.78 is 18.6. The molecule has 4 heteroatoms. The molecule has 0 amide bonds. The Bertz CT molecular complexity index is 603. The standard InChI is InChI=1S/C17H19ClFNO/c1-20-14(9-12-7-8-16(19)15(18)10-12)11-13-5-3-4-6-17(13)21-2/h3-8,10,14,20H,9,11H2,1-2H3. The van der Waals surface area contributed by atoms with Crippen LogP contribution in [-0.2, 0) is 12.8 Å². The molecular weight excluding hydrogens is 289 g/mol. The molecule has 21 heavy (non-hydrogen) atoms. The fraction of sp³-hybridized carbons (Fsp3) is 0.294. The summed E-state index contributed by atoms with van der Waals surface area (Å²) >= 11 is 5.83. The van der Waals surface area contributed by atoms with Crippen LogP contribution in [0.15, 0.2) is 42.5 Å². The average Bonchev–Trinajstić information content (AvgIpc) is 2.50. The van der Waals surface area contributed by atoms with Crippen molar-refractivity contribution in [1.29, 1.82) is 0 Å². The molecule has 2 nitrogen and oxygen atoms in total. The molecule has 0 aliphatic carbocycles. The lowest BCUT2D eigenvalue weighted by Gasteiger charge is -2.18. The summed E-state index contributed by atoms with van der Waals surface area (Å²) in [4.78, 5) is 0. The SMILES string of the molecule is CNC(Cc1ccc(F)c(Cl)c1)Cc1ccccc1OC. The molecule has 0 saturated heterocycles. The molecule has 1 unspecified atom stereocenters. The van der Waals surface area contributed by atoms with E-state index in [4.69, 9.17) is 16.3 Å². The summed E-state index contributed by atoms with van der Waals surface area (Å²) in [6.45, 7) is 0. The molecule has 112 valence electrons. The second-order valence-electron chi connectivity index (χ2n) is 4.95. The van der Waals surface area contributed by atoms with Gasteiger partial charge in [0.15, 0.2) is 0 Å². The third kappa shape index (κ3) is 4.19. The first-order chi connectivity index (χ1) is 10.1. The number of hydrogen-bond acceptors (Lipinski definition) is 2. The normalized spacial score (nSPS) is 12.2. The van der Waals surface area contributed by atoms with E-state index in [2.05, 4.69) is 11.4 Å². The van der Waals surface area contributed by atoms with E-state index >= 15 is 0 Å². The first kappa shape index (κ1) is 15.8. The Labute approximate surface area is 129 Å². The quantitative estimate of drug-likeness (QED) is 0.875.